The third-order valence-corrected chi connectivity index (χ3v) is 6.98. The molecule has 4 rings (SSSR count). The first-order chi connectivity index (χ1) is 18.4. The van der Waals surface area contributed by atoms with Gasteiger partial charge in [-0.25, -0.2) is 0 Å². The third kappa shape index (κ3) is 7.13. The average Bonchev–Trinajstić information content (AvgIpc) is 2.96. The van der Waals surface area contributed by atoms with Crippen LogP contribution in [-0.2, 0) is 4.79 Å². The van der Waals surface area contributed by atoms with Crippen molar-refractivity contribution in [2.24, 2.45) is 5.92 Å². The van der Waals surface area contributed by atoms with Crippen molar-refractivity contribution in [3.05, 3.63) is 83.9 Å². The van der Waals surface area contributed by atoms with E-state index in [2.05, 4.69) is 29.4 Å². The first kappa shape index (κ1) is 27.2. The van der Waals surface area contributed by atoms with Crippen LogP contribution in [0.4, 0.5) is 5.69 Å². The van der Waals surface area contributed by atoms with Crippen LogP contribution in [0, 0.1) is 5.92 Å². The smallest absolute Gasteiger partial charge is 0.239 e. The zero-order valence-electron chi connectivity index (χ0n) is 22.4. The van der Waals surface area contributed by atoms with Crippen molar-refractivity contribution in [2.45, 2.75) is 32.7 Å². The summed E-state index contributed by atoms with van der Waals surface area (Å²) in [5, 5.41) is 6.26. The van der Waals surface area contributed by atoms with Crippen molar-refractivity contribution < 1.29 is 19.1 Å². The van der Waals surface area contributed by atoms with E-state index in [0.29, 0.717) is 52.6 Å². The molecule has 2 N–H and O–H groups in total. The molecule has 0 unspecified atom stereocenters. The number of rotatable bonds is 11. The molecule has 38 heavy (non-hydrogen) atoms. The maximum Gasteiger partial charge on any atom is 0.239 e. The number of ketones is 1. The number of ether oxygens (including phenoxy) is 2. The topological polar surface area (TPSA) is 79.9 Å². The Hall–Kier alpha value is -3.84. The summed E-state index contributed by atoms with van der Waals surface area (Å²) in [5.41, 5.74) is 1.50. The fraction of sp³-hybridized carbons (Fsp3) is 0.355. The van der Waals surface area contributed by atoms with Crippen LogP contribution in [-0.4, -0.2) is 55.9 Å². The molecule has 0 radical (unpaired) electrons. The molecule has 7 nitrogen and oxygen atoms in total. The number of nitrogens with one attached hydrogen (secondary N) is 2. The predicted octanol–water partition coefficient (Wildman–Crippen LogP) is 5.37. The average molecular weight is 516 g/mol. The highest BCUT2D eigenvalue weighted by Crippen LogP contribution is 2.35. The van der Waals surface area contributed by atoms with Gasteiger partial charge in [-0.1, -0.05) is 24.3 Å². The van der Waals surface area contributed by atoms with Gasteiger partial charge in [0, 0.05) is 18.2 Å². The molecule has 1 aliphatic rings. The Morgan fingerprint density at radius 1 is 0.921 bits per heavy atom. The molecule has 0 bridgehead atoms. The molecule has 0 aliphatic carbocycles. The number of hydrogen-bond donors (Lipinski definition) is 2. The summed E-state index contributed by atoms with van der Waals surface area (Å²) < 4.78 is 11.4. The fourth-order valence-electron chi connectivity index (χ4n) is 4.64. The molecule has 1 amide bonds. The van der Waals surface area contributed by atoms with E-state index in [-0.39, 0.29) is 18.2 Å². The Labute approximate surface area is 225 Å². The van der Waals surface area contributed by atoms with E-state index >= 15 is 0 Å². The molecule has 3 aromatic carbocycles. The quantitative estimate of drug-likeness (QED) is 0.335. The van der Waals surface area contributed by atoms with E-state index < -0.39 is 0 Å². The Morgan fingerprint density at radius 2 is 1.63 bits per heavy atom. The molecule has 0 aromatic heterocycles. The monoisotopic (exact) mass is 515 g/mol. The second-order valence-electron chi connectivity index (χ2n) is 9.89. The third-order valence-electron chi connectivity index (χ3n) is 6.98. The maximum atomic E-state index is 13.5. The van der Waals surface area contributed by atoms with E-state index in [1.807, 2.05) is 36.4 Å². The van der Waals surface area contributed by atoms with Gasteiger partial charge in [0.15, 0.2) is 11.5 Å². The van der Waals surface area contributed by atoms with Gasteiger partial charge in [0.1, 0.15) is 11.5 Å². The summed E-state index contributed by atoms with van der Waals surface area (Å²) in [6.07, 6.45) is 2.19. The number of benzene rings is 3. The van der Waals surface area contributed by atoms with Gasteiger partial charge < -0.3 is 25.0 Å². The number of amides is 1. The van der Waals surface area contributed by atoms with Crippen LogP contribution in [0.5, 0.6) is 17.2 Å². The highest BCUT2D eigenvalue weighted by Gasteiger charge is 2.22. The number of anilines is 1. The van der Waals surface area contributed by atoms with Crippen LogP contribution in [0.15, 0.2) is 72.8 Å². The number of piperidine rings is 1. The molecular formula is C31H37N3O4. The summed E-state index contributed by atoms with van der Waals surface area (Å²) in [6.45, 7) is 7.36. The van der Waals surface area contributed by atoms with Gasteiger partial charge in [0.2, 0.25) is 5.91 Å². The molecular weight excluding hydrogens is 478 g/mol. The SMILES string of the molecule is COc1ccc(C(=O)c2cccc(NCC(=O)NCC3CCN(C(C)C)CC3)c2Oc2ccccc2)cc1. The largest absolute Gasteiger partial charge is 0.497 e. The summed E-state index contributed by atoms with van der Waals surface area (Å²) in [5.74, 6) is 1.88. The molecule has 1 saturated heterocycles. The van der Waals surface area contributed by atoms with Crippen molar-refractivity contribution in [1.82, 2.24) is 10.2 Å². The van der Waals surface area contributed by atoms with Gasteiger partial charge in [0.05, 0.1) is 24.9 Å². The number of hydrogen-bond acceptors (Lipinski definition) is 6. The Balaban J connectivity index is 1.45. The number of likely N-dealkylation sites (tertiary alicyclic amines) is 1. The van der Waals surface area contributed by atoms with E-state index in [9.17, 15) is 9.59 Å². The number of para-hydroxylation sites is 2. The normalized spacial score (nSPS) is 14.2. The molecule has 0 saturated carbocycles. The van der Waals surface area contributed by atoms with Crippen molar-refractivity contribution in [3.8, 4) is 17.2 Å². The van der Waals surface area contributed by atoms with Crippen LogP contribution in [0.1, 0.15) is 42.6 Å². The highest BCUT2D eigenvalue weighted by molar-refractivity contribution is 6.11. The molecule has 1 fully saturated rings. The van der Waals surface area contributed by atoms with E-state index in [0.717, 1.165) is 25.9 Å². The van der Waals surface area contributed by atoms with E-state index in [1.54, 1.807) is 43.5 Å². The summed E-state index contributed by atoms with van der Waals surface area (Å²) in [4.78, 5) is 28.6. The number of carbonyl (C=O) groups excluding carboxylic acids is 2. The number of nitrogens with zero attached hydrogens (tertiary/aromatic N) is 1. The van der Waals surface area contributed by atoms with Gasteiger partial charge in [-0.3, -0.25) is 9.59 Å². The van der Waals surface area contributed by atoms with E-state index in [4.69, 9.17) is 9.47 Å². The van der Waals surface area contributed by atoms with Crippen LogP contribution in [0.25, 0.3) is 0 Å². The lowest BCUT2D eigenvalue weighted by atomic mass is 9.96. The first-order valence-electron chi connectivity index (χ1n) is 13.2. The van der Waals surface area contributed by atoms with Crippen molar-refractivity contribution in [3.63, 3.8) is 0 Å². The molecule has 1 heterocycles. The zero-order valence-corrected chi connectivity index (χ0v) is 22.4. The van der Waals surface area contributed by atoms with Crippen LogP contribution in [0.2, 0.25) is 0 Å². The first-order valence-corrected chi connectivity index (χ1v) is 13.2. The second kappa shape index (κ2) is 13.1. The molecule has 3 aromatic rings. The summed E-state index contributed by atoms with van der Waals surface area (Å²) >= 11 is 0. The minimum absolute atomic E-state index is 0.0795. The molecule has 0 atom stereocenters. The fourth-order valence-corrected chi connectivity index (χ4v) is 4.64. The standard InChI is InChI=1S/C31H37N3O4/c1-22(2)34-18-16-23(17-19-34)20-33-29(35)21-32-28-11-7-10-27(31(28)38-26-8-5-4-6-9-26)30(36)24-12-14-25(37-3)15-13-24/h4-15,22-23,32H,16-21H2,1-3H3,(H,33,35). The molecule has 7 heteroatoms. The van der Waals surface area contributed by atoms with Gasteiger partial charge in [0.25, 0.3) is 0 Å². The van der Waals surface area contributed by atoms with Crippen LogP contribution in [0.3, 0.4) is 0 Å². The molecule has 1 aliphatic heterocycles. The highest BCUT2D eigenvalue weighted by atomic mass is 16.5. The van der Waals surface area contributed by atoms with Gasteiger partial charge in [-0.2, -0.15) is 0 Å². The lowest BCUT2D eigenvalue weighted by molar-refractivity contribution is -0.119. The lowest BCUT2D eigenvalue weighted by Gasteiger charge is -2.34. The second-order valence-corrected chi connectivity index (χ2v) is 9.89. The van der Waals surface area contributed by atoms with Crippen molar-refractivity contribution in [1.29, 1.82) is 0 Å². The van der Waals surface area contributed by atoms with Crippen molar-refractivity contribution in [2.75, 3.05) is 38.6 Å². The van der Waals surface area contributed by atoms with Crippen LogP contribution < -0.4 is 20.1 Å². The molecule has 0 spiro atoms. The molecule has 200 valence electrons. The summed E-state index contributed by atoms with van der Waals surface area (Å²) in [7, 11) is 1.59. The predicted molar refractivity (Wildman–Crippen MR) is 150 cm³/mol. The van der Waals surface area contributed by atoms with Crippen molar-refractivity contribution >= 4 is 17.4 Å². The minimum atomic E-state index is -0.181. The Kier molecular flexibility index (Phi) is 9.38. The van der Waals surface area contributed by atoms with Gasteiger partial charge >= 0.3 is 0 Å². The minimum Gasteiger partial charge on any atom is -0.497 e. The van der Waals surface area contributed by atoms with Gasteiger partial charge in [-0.15, -0.1) is 0 Å². The lowest BCUT2D eigenvalue weighted by Crippen LogP contribution is -2.42. The Morgan fingerprint density at radius 3 is 2.29 bits per heavy atom. The number of carbonyl (C=O) groups is 2. The van der Waals surface area contributed by atoms with Gasteiger partial charge in [-0.05, 0) is 94.2 Å². The maximum absolute atomic E-state index is 13.5. The number of methoxy groups -OCH3 is 1. The summed E-state index contributed by atoms with van der Waals surface area (Å²) in [6, 6.07) is 22.2. The Bertz CT molecular complexity index is 1200. The van der Waals surface area contributed by atoms with E-state index in [1.165, 1.54) is 0 Å². The van der Waals surface area contributed by atoms with Crippen LogP contribution >= 0.6 is 0 Å². The zero-order chi connectivity index (χ0) is 26.9.